The fourth-order valence-corrected chi connectivity index (χ4v) is 6.28. The van der Waals surface area contributed by atoms with E-state index in [-0.39, 0.29) is 37.7 Å². The van der Waals surface area contributed by atoms with Crippen molar-refractivity contribution in [3.05, 3.63) is 101 Å². The first kappa shape index (κ1) is 27.3. The van der Waals surface area contributed by atoms with Gasteiger partial charge in [-0.2, -0.15) is 16.8 Å². The monoisotopic (exact) mass is 584 g/mol. The predicted octanol–water partition coefficient (Wildman–Crippen LogP) is 1.14. The Morgan fingerprint density at radius 2 is 1.25 bits per heavy atom. The standard InChI is InChI=1S/C26H20N2O10S2/c1-13-4-5-15(9-22(13)40(36,37)38-3)14-6-7-21(16(8-14)12-39(33,34)35)28-25(31)19-10-17-18(11-20(19)26(28)32)24(30)27(2)23(17)29/h4-11H,12H2,1-3H3,(H,33,34,35). The highest BCUT2D eigenvalue weighted by Crippen LogP contribution is 2.29. The van der Waals surface area contributed by atoms with Crippen LogP contribution in [0.25, 0.3) is 38.4 Å². The molecule has 3 aromatic carbocycles. The van der Waals surface area contributed by atoms with Gasteiger partial charge in [-0.1, -0.05) is 18.2 Å². The summed E-state index contributed by atoms with van der Waals surface area (Å²) in [5.41, 5.74) is -2.19. The zero-order valence-corrected chi connectivity index (χ0v) is 22.8. The number of aromatic nitrogens is 2. The van der Waals surface area contributed by atoms with Crippen LogP contribution in [0.2, 0.25) is 0 Å². The number of hydrogen-bond acceptors (Lipinski definition) is 9. The Morgan fingerprint density at radius 1 is 0.750 bits per heavy atom. The fraction of sp³-hybridized carbons (Fsp3) is 0.154. The molecule has 40 heavy (non-hydrogen) atoms. The number of hydrogen-bond donors (Lipinski definition) is 1. The van der Waals surface area contributed by atoms with E-state index in [1.165, 1.54) is 37.4 Å². The average Bonchev–Trinajstić information content (AvgIpc) is 3.26. The van der Waals surface area contributed by atoms with E-state index in [9.17, 15) is 40.6 Å². The highest BCUT2D eigenvalue weighted by Gasteiger charge is 2.23. The molecule has 2 aromatic heterocycles. The molecular weight excluding hydrogens is 564 g/mol. The molecule has 0 unspecified atom stereocenters. The quantitative estimate of drug-likeness (QED) is 0.225. The normalized spacial score (nSPS) is 12.5. The minimum atomic E-state index is -4.66. The van der Waals surface area contributed by atoms with Gasteiger partial charge in [0.25, 0.3) is 42.5 Å². The van der Waals surface area contributed by atoms with Crippen molar-refractivity contribution < 1.29 is 25.6 Å². The lowest BCUT2D eigenvalue weighted by molar-refractivity contribution is 0.397. The molecule has 12 nitrogen and oxygen atoms in total. The lowest BCUT2D eigenvalue weighted by Crippen LogP contribution is -2.25. The van der Waals surface area contributed by atoms with Crippen molar-refractivity contribution in [3.8, 4) is 16.8 Å². The molecule has 2 heterocycles. The molecule has 0 aliphatic carbocycles. The third kappa shape index (κ3) is 4.30. The van der Waals surface area contributed by atoms with E-state index in [4.69, 9.17) is 0 Å². The summed E-state index contributed by atoms with van der Waals surface area (Å²) in [6, 6.07) is 10.8. The molecule has 0 fully saturated rings. The smallest absolute Gasteiger partial charge is 0.285 e. The van der Waals surface area contributed by atoms with Crippen molar-refractivity contribution in [1.29, 1.82) is 0 Å². The summed E-state index contributed by atoms with van der Waals surface area (Å²) in [7, 11) is -6.44. The van der Waals surface area contributed by atoms with Crippen LogP contribution in [0.3, 0.4) is 0 Å². The van der Waals surface area contributed by atoms with Crippen molar-refractivity contribution in [2.45, 2.75) is 17.6 Å². The van der Waals surface area contributed by atoms with Crippen LogP contribution in [0.1, 0.15) is 11.1 Å². The molecular formula is C26H20N2O10S2. The number of aryl methyl sites for hydroxylation is 1. The lowest BCUT2D eigenvalue weighted by atomic mass is 10.0. The van der Waals surface area contributed by atoms with Gasteiger partial charge in [-0.05, 0) is 59.5 Å². The first-order valence-corrected chi connectivity index (χ1v) is 14.6. The topological polar surface area (TPSA) is 176 Å². The molecule has 0 amide bonds. The number of fused-ring (bicyclic) bond motifs is 2. The van der Waals surface area contributed by atoms with Crippen LogP contribution in [0, 0.1) is 6.92 Å². The first-order valence-electron chi connectivity index (χ1n) is 11.5. The van der Waals surface area contributed by atoms with Crippen molar-refractivity contribution in [3.63, 3.8) is 0 Å². The molecule has 0 saturated heterocycles. The van der Waals surface area contributed by atoms with Gasteiger partial charge in [0, 0.05) is 7.05 Å². The summed E-state index contributed by atoms with van der Waals surface area (Å²) in [5, 5.41) is -0.363. The molecule has 1 N–H and O–H groups in total. The summed E-state index contributed by atoms with van der Waals surface area (Å²) < 4.78 is 64.3. The van der Waals surface area contributed by atoms with Crippen LogP contribution >= 0.6 is 0 Å². The SMILES string of the molecule is COS(=O)(=O)c1cc(-c2ccc(-n3c(=O)c4cc5c(=O)n(C)c(=O)c5cc4c3=O)c(CS(=O)(=O)O)c2)ccc1C. The van der Waals surface area contributed by atoms with E-state index in [1.807, 2.05) is 0 Å². The second kappa shape index (κ2) is 9.16. The van der Waals surface area contributed by atoms with Gasteiger partial charge in [0.05, 0.1) is 39.2 Å². The molecule has 0 aliphatic rings. The van der Waals surface area contributed by atoms with Crippen LogP contribution < -0.4 is 22.2 Å². The van der Waals surface area contributed by atoms with Gasteiger partial charge in [0.15, 0.2) is 0 Å². The zero-order valence-electron chi connectivity index (χ0n) is 21.2. The van der Waals surface area contributed by atoms with Crippen LogP contribution in [0.4, 0.5) is 0 Å². The lowest BCUT2D eigenvalue weighted by Gasteiger charge is -2.13. The van der Waals surface area contributed by atoms with E-state index in [0.29, 0.717) is 21.3 Å². The maximum absolute atomic E-state index is 13.4. The number of nitrogens with zero attached hydrogens (tertiary/aromatic N) is 2. The summed E-state index contributed by atoms with van der Waals surface area (Å²) in [5.74, 6) is -0.975. The molecule has 0 spiro atoms. The molecule has 14 heteroatoms. The fourth-order valence-electron chi connectivity index (χ4n) is 4.75. The molecule has 206 valence electrons. The second-order valence-electron chi connectivity index (χ2n) is 9.23. The summed E-state index contributed by atoms with van der Waals surface area (Å²) >= 11 is 0. The largest absolute Gasteiger partial charge is 0.296 e. The van der Waals surface area contributed by atoms with E-state index < -0.39 is 48.2 Å². The third-order valence-electron chi connectivity index (χ3n) is 6.76. The molecule has 0 saturated carbocycles. The maximum atomic E-state index is 13.4. The van der Waals surface area contributed by atoms with Gasteiger partial charge >= 0.3 is 0 Å². The molecule has 0 radical (unpaired) electrons. The van der Waals surface area contributed by atoms with E-state index in [1.54, 1.807) is 13.0 Å². The molecule has 5 aromatic rings. The average molecular weight is 585 g/mol. The molecule has 0 aliphatic heterocycles. The van der Waals surface area contributed by atoms with Crippen molar-refractivity contribution in [2.24, 2.45) is 7.05 Å². The van der Waals surface area contributed by atoms with Crippen LogP contribution in [-0.2, 0) is 37.2 Å². The Labute approximate surface area is 225 Å². The third-order valence-corrected chi connectivity index (χ3v) is 8.86. The number of rotatable bonds is 6. The Kier molecular flexibility index (Phi) is 6.26. The Morgan fingerprint density at radius 3 is 1.77 bits per heavy atom. The van der Waals surface area contributed by atoms with Crippen LogP contribution in [0.15, 0.2) is 72.6 Å². The maximum Gasteiger partial charge on any atom is 0.296 e. The molecule has 0 atom stereocenters. The van der Waals surface area contributed by atoms with Gasteiger partial charge in [0.1, 0.15) is 5.75 Å². The van der Waals surface area contributed by atoms with Gasteiger partial charge in [-0.25, -0.2) is 4.57 Å². The second-order valence-corrected chi connectivity index (χ2v) is 12.4. The summed E-state index contributed by atoms with van der Waals surface area (Å²) in [6.45, 7) is 1.57. The van der Waals surface area contributed by atoms with E-state index in [0.717, 1.165) is 23.8 Å². The Bertz CT molecular complexity index is 2240. The van der Waals surface area contributed by atoms with Gasteiger partial charge in [-0.3, -0.25) is 32.5 Å². The van der Waals surface area contributed by atoms with E-state index in [2.05, 4.69) is 4.18 Å². The minimum Gasteiger partial charge on any atom is -0.285 e. The van der Waals surface area contributed by atoms with Crippen molar-refractivity contribution in [2.75, 3.05) is 7.11 Å². The minimum absolute atomic E-state index is 0.0380. The highest BCUT2D eigenvalue weighted by atomic mass is 32.2. The molecule has 5 rings (SSSR count). The predicted molar refractivity (Wildman–Crippen MR) is 147 cm³/mol. The number of benzene rings is 3. The summed E-state index contributed by atoms with van der Waals surface area (Å²) in [6.07, 6.45) is 0. The van der Waals surface area contributed by atoms with Crippen LogP contribution in [-0.4, -0.2) is 37.6 Å². The Balaban J connectivity index is 1.78. The summed E-state index contributed by atoms with van der Waals surface area (Å²) in [4.78, 5) is 51.5. The first-order chi connectivity index (χ1) is 18.6. The highest BCUT2D eigenvalue weighted by molar-refractivity contribution is 7.86. The van der Waals surface area contributed by atoms with Gasteiger partial charge < -0.3 is 0 Å². The van der Waals surface area contributed by atoms with Crippen molar-refractivity contribution >= 4 is 41.8 Å². The zero-order chi connectivity index (χ0) is 29.3. The van der Waals surface area contributed by atoms with Crippen LogP contribution in [0.5, 0.6) is 0 Å². The molecule has 0 bridgehead atoms. The van der Waals surface area contributed by atoms with Crippen molar-refractivity contribution in [1.82, 2.24) is 9.13 Å². The van der Waals surface area contributed by atoms with Gasteiger partial charge in [-0.15, -0.1) is 0 Å². The Hall–Kier alpha value is -4.24. The van der Waals surface area contributed by atoms with E-state index >= 15 is 0 Å². The van der Waals surface area contributed by atoms with Gasteiger partial charge in [0.2, 0.25) is 0 Å².